The zero-order valence-electron chi connectivity index (χ0n) is 60.8. The second kappa shape index (κ2) is 48.1. The number of unbranched alkanes of at least 4 members (excludes halogenated alkanes) is 2. The summed E-state index contributed by atoms with van der Waals surface area (Å²) in [6.45, 7) is 17.5. The Hall–Kier alpha value is -8.24. The van der Waals surface area contributed by atoms with Gasteiger partial charge in [-0.3, -0.25) is 19.4 Å². The summed E-state index contributed by atoms with van der Waals surface area (Å²) >= 11 is 12.7. The molecule has 0 saturated carbocycles. The molecule has 8 rings (SSSR count). The molecule has 12 N–H and O–H groups in total. The maximum atomic E-state index is 12.4. The molecule has 0 aliphatic carbocycles. The van der Waals surface area contributed by atoms with Crippen LogP contribution in [0.5, 0.6) is 0 Å². The molecule has 4 heterocycles. The third-order valence-electron chi connectivity index (χ3n) is 17.3. The van der Waals surface area contributed by atoms with E-state index in [1.165, 1.54) is 0 Å². The van der Waals surface area contributed by atoms with Crippen molar-refractivity contribution in [1.82, 2.24) is 51.0 Å². The predicted molar refractivity (Wildman–Crippen MR) is 414 cm³/mol. The molecule has 2 fully saturated rings. The highest BCUT2D eigenvalue weighted by Gasteiger charge is 2.22. The molecule has 2 aliphatic heterocycles. The minimum Gasteiger partial charge on any atom is -0.379 e. The number of hydrogen-bond acceptors (Lipinski definition) is 22. The number of ketones is 2. The number of urea groups is 2. The quantitative estimate of drug-likeness (QED) is 0.0111. The number of carbonyl (C=O) groups excluding carboxylic acids is 4. The number of guanidine groups is 2. The lowest BCUT2D eigenvalue weighted by Crippen LogP contribution is -2.47. The Bertz CT molecular complexity index is 3470. The van der Waals surface area contributed by atoms with Crippen molar-refractivity contribution >= 4 is 104 Å². The third-order valence-corrected chi connectivity index (χ3v) is 17.8. The minimum atomic E-state index is -0.298. The molecule has 0 bridgehead atoms. The molecule has 32 heteroatoms. The smallest absolute Gasteiger partial charge is 0.314 e. The Morgan fingerprint density at radius 3 is 1.13 bits per heavy atom. The van der Waals surface area contributed by atoms with E-state index in [1.807, 2.05) is 48.5 Å². The van der Waals surface area contributed by atoms with Gasteiger partial charge in [0.05, 0.1) is 108 Å². The highest BCUT2D eigenvalue weighted by Crippen LogP contribution is 2.34. The van der Waals surface area contributed by atoms with E-state index < -0.39 is 0 Å². The van der Waals surface area contributed by atoms with Gasteiger partial charge >= 0.3 is 12.1 Å². The van der Waals surface area contributed by atoms with Crippen LogP contribution in [0.3, 0.4) is 0 Å². The first-order valence-electron chi connectivity index (χ1n) is 36.7. The van der Waals surface area contributed by atoms with Crippen LogP contribution in [0.15, 0.2) is 94.9 Å². The van der Waals surface area contributed by atoms with Gasteiger partial charge in [-0.25, -0.2) is 29.5 Å². The Morgan fingerprint density at radius 1 is 0.387 bits per heavy atom. The van der Waals surface area contributed by atoms with Gasteiger partial charge in [0, 0.05) is 180 Å². The van der Waals surface area contributed by atoms with Crippen molar-refractivity contribution in [1.29, 1.82) is 0 Å². The Balaban J connectivity index is 0.497. The van der Waals surface area contributed by atoms with E-state index in [0.29, 0.717) is 209 Å². The average molecular weight is 1510 g/mol. The first-order chi connectivity index (χ1) is 51.7. The molecule has 0 unspecified atom stereocenters. The molecule has 2 aromatic heterocycles. The minimum absolute atomic E-state index is 0.115. The number of halogens is 2. The first-order valence-corrected chi connectivity index (χ1v) is 37.5. The Kier molecular flexibility index (Phi) is 37.9. The van der Waals surface area contributed by atoms with Crippen molar-refractivity contribution in [3.8, 4) is 22.5 Å². The molecule has 0 radical (unpaired) electrons. The number of nitrogens with zero attached hydrogens (tertiary/aromatic N) is 10. The van der Waals surface area contributed by atoms with Crippen LogP contribution in [0, 0.1) is 0 Å². The Labute approximate surface area is 630 Å². The number of aliphatic imine (C=N–C) groups is 2. The van der Waals surface area contributed by atoms with Crippen molar-refractivity contribution < 1.29 is 57.1 Å². The van der Waals surface area contributed by atoms with Crippen LogP contribution in [0.1, 0.15) is 64.2 Å². The monoisotopic (exact) mass is 1510 g/mol. The number of piperazine rings is 2. The lowest BCUT2D eigenvalue weighted by Gasteiger charge is -2.36. The van der Waals surface area contributed by atoms with Gasteiger partial charge < -0.3 is 91.9 Å². The second-order valence-corrected chi connectivity index (χ2v) is 26.2. The number of carbonyl (C=O) groups is 4. The highest BCUT2D eigenvalue weighted by molar-refractivity contribution is 6.32. The summed E-state index contributed by atoms with van der Waals surface area (Å²) in [6.07, 6.45) is 6.22. The van der Waals surface area contributed by atoms with Crippen LogP contribution in [-0.4, -0.2) is 263 Å². The van der Waals surface area contributed by atoms with Crippen molar-refractivity contribution in [2.45, 2.75) is 64.2 Å². The van der Waals surface area contributed by atoms with E-state index in [2.05, 4.69) is 95.1 Å². The van der Waals surface area contributed by atoms with E-state index >= 15 is 0 Å². The van der Waals surface area contributed by atoms with E-state index in [1.54, 1.807) is 12.1 Å². The SMILES string of the molecule is NC(N)=Nc1nc(-c2cccc(N3CCN(CCOCCOCCCC(=O)CCCOCCOCCNC(=O)NCCCCCC(=O)CCCOCCOCCNC(=O)NCCOCCOCCN4CCN(c5cccc(-c6nc(N=C(N)N)nc7ccc(Cl)cc67)c5)CC4)CC3)c2)c2cc(Cl)ccc2n1. The van der Waals surface area contributed by atoms with Gasteiger partial charge in [0.2, 0.25) is 0 Å². The molecule has 4 aromatic carbocycles. The number of nitrogens with one attached hydrogen (secondary N) is 4. The van der Waals surface area contributed by atoms with Crippen LogP contribution in [-0.2, 0) is 47.5 Å². The fourth-order valence-electron chi connectivity index (χ4n) is 11.8. The molecule has 0 atom stereocenters. The number of ether oxygens (including phenoxy) is 8. The largest absolute Gasteiger partial charge is 0.379 e. The number of fused-ring (bicyclic) bond motifs is 2. The average Bonchev–Trinajstić information content (AvgIpc) is 0.787. The fraction of sp³-hybridized carbons (Fsp3) is 0.541. The number of nitrogens with two attached hydrogens (primary N) is 4. The van der Waals surface area contributed by atoms with Gasteiger partial charge in [-0.05, 0) is 92.8 Å². The topological polar surface area (TPSA) is 384 Å². The first kappa shape index (κ1) is 83.4. The molecular formula is C74H106Cl2N18O12. The van der Waals surface area contributed by atoms with E-state index in [4.69, 9.17) is 84.0 Å². The van der Waals surface area contributed by atoms with E-state index in [0.717, 1.165) is 118 Å². The highest BCUT2D eigenvalue weighted by atomic mass is 35.5. The maximum absolute atomic E-state index is 12.4. The number of aromatic nitrogens is 4. The molecule has 6 aromatic rings. The predicted octanol–water partition coefficient (Wildman–Crippen LogP) is 6.74. The van der Waals surface area contributed by atoms with Crippen LogP contribution in [0.2, 0.25) is 10.0 Å². The zero-order chi connectivity index (χ0) is 74.8. The molecule has 4 amide bonds. The Morgan fingerprint density at radius 2 is 0.745 bits per heavy atom. The molecule has 2 aliphatic rings. The summed E-state index contributed by atoms with van der Waals surface area (Å²) in [5.74, 6) is 0.528. The van der Waals surface area contributed by atoms with Crippen molar-refractivity contribution in [3.05, 3.63) is 95.0 Å². The van der Waals surface area contributed by atoms with Gasteiger partial charge in [-0.1, -0.05) is 53.9 Å². The fourth-order valence-corrected chi connectivity index (χ4v) is 12.2. The van der Waals surface area contributed by atoms with Crippen LogP contribution >= 0.6 is 23.2 Å². The summed E-state index contributed by atoms with van der Waals surface area (Å²) in [5, 5.41) is 13.9. The van der Waals surface area contributed by atoms with E-state index in [9.17, 15) is 19.2 Å². The summed E-state index contributed by atoms with van der Waals surface area (Å²) in [5.41, 5.74) is 29.4. The number of benzene rings is 4. The van der Waals surface area contributed by atoms with Crippen molar-refractivity contribution in [3.63, 3.8) is 0 Å². The number of amides is 4. The molecular weight excluding hydrogens is 1400 g/mol. The molecule has 0 spiro atoms. The maximum Gasteiger partial charge on any atom is 0.314 e. The van der Waals surface area contributed by atoms with Crippen LogP contribution < -0.4 is 54.0 Å². The zero-order valence-corrected chi connectivity index (χ0v) is 62.3. The van der Waals surface area contributed by atoms with Crippen LogP contribution in [0.25, 0.3) is 44.3 Å². The van der Waals surface area contributed by atoms with Gasteiger partial charge in [0.15, 0.2) is 11.9 Å². The lowest BCUT2D eigenvalue weighted by atomic mass is 10.1. The lowest BCUT2D eigenvalue weighted by molar-refractivity contribution is -0.120. The molecule has 2 saturated heterocycles. The third kappa shape index (κ3) is 31.7. The van der Waals surface area contributed by atoms with Gasteiger partial charge in [0.25, 0.3) is 11.9 Å². The number of hydrogen-bond donors (Lipinski definition) is 8. The van der Waals surface area contributed by atoms with Gasteiger partial charge in [-0.15, -0.1) is 0 Å². The number of anilines is 2. The van der Waals surface area contributed by atoms with Gasteiger partial charge in [0.1, 0.15) is 11.6 Å². The summed E-state index contributed by atoms with van der Waals surface area (Å²) in [6, 6.07) is 26.9. The summed E-state index contributed by atoms with van der Waals surface area (Å²) in [4.78, 5) is 85.0. The molecule has 578 valence electrons. The molecule has 30 nitrogen and oxygen atoms in total. The summed E-state index contributed by atoms with van der Waals surface area (Å²) in [7, 11) is 0. The number of Topliss-reactive ketones (excluding diaryl/α,β-unsaturated/α-hetero) is 2. The second-order valence-electron chi connectivity index (χ2n) is 25.4. The van der Waals surface area contributed by atoms with Crippen molar-refractivity contribution in [2.75, 3.05) is 207 Å². The van der Waals surface area contributed by atoms with E-state index in [-0.39, 0.29) is 47.4 Å². The standard InChI is InChI=1S/C74H106Cl2N18O12/c75-57-17-19-65-63(53-57)67(87-71(85-65)89-69(77)78)55-9-4-11-59(51-55)93-29-25-91(26-30-93)33-41-105-49-45-101-37-8-16-62(96)15-7-36-100-44-46-102-38-22-82-73(97)81-21-3-1-2-13-61(95)14-6-35-99-43-47-103-39-23-83-74(98)84-24-40-104-48-50-106-42-34-92-27-31-94(32-28-92)60-12-5-10-56(52-60)68-64-54-58(76)18-20-66(64)86-72(88-68)90-70(79)80/h4-5,9-12,17-20,51-54H,1-3,6-8,13-16,21-50H2,(H2,81,82,97)(H2,83,84,98)(H4,77,78,85,87,89)(H4,79,80,86,88,90). The summed E-state index contributed by atoms with van der Waals surface area (Å²) < 4.78 is 45.4. The van der Waals surface area contributed by atoms with Crippen LogP contribution in [0.4, 0.5) is 32.9 Å². The number of rotatable bonds is 51. The molecule has 106 heavy (non-hydrogen) atoms. The van der Waals surface area contributed by atoms with Gasteiger partial charge in [-0.2, -0.15) is 9.98 Å². The normalized spacial score (nSPS) is 13.5. The van der Waals surface area contributed by atoms with Crippen molar-refractivity contribution in [2.24, 2.45) is 32.9 Å².